The van der Waals surface area contributed by atoms with E-state index in [1.54, 1.807) is 20.8 Å². The molecule has 0 radical (unpaired) electrons. The Morgan fingerprint density at radius 1 is 0.276 bits per heavy atom. The maximum atomic E-state index is 11.5. The van der Waals surface area contributed by atoms with Gasteiger partial charge < -0.3 is 80.8 Å². The Morgan fingerprint density at radius 2 is 0.545 bits per heavy atom. The van der Waals surface area contributed by atoms with Crippen molar-refractivity contribution >= 4 is 47.3 Å². The first-order chi connectivity index (χ1) is 57.6. The highest BCUT2D eigenvalue weighted by molar-refractivity contribution is 5.79. The smallest absolute Gasteiger partial charge is 0.294 e. The summed E-state index contributed by atoms with van der Waals surface area (Å²) < 4.78 is 20.6. The predicted octanol–water partition coefficient (Wildman–Crippen LogP) is 15.1. The number of unbranched alkanes of at least 4 members (excludes halogenated alkanes) is 6. The molecule has 0 spiro atoms. The largest absolute Gasteiger partial charge is 0.379 e. The third-order valence-corrected chi connectivity index (χ3v) is 17.9. The van der Waals surface area contributed by atoms with Gasteiger partial charge in [0, 0.05) is 102 Å². The molecule has 8 unspecified atom stereocenters. The number of amides is 8. The Kier molecular flexibility index (Phi) is 96.5. The fourth-order valence-electron chi connectivity index (χ4n) is 8.71. The van der Waals surface area contributed by atoms with Crippen molar-refractivity contribution < 1.29 is 97.0 Å². The number of nitrogens with one attached hydrogen (secondary N) is 8. The molecular formula is C87H178N12O24. The Bertz CT molecular complexity index is 2610. The van der Waals surface area contributed by atoms with Crippen LogP contribution in [0.2, 0.25) is 0 Å². The van der Waals surface area contributed by atoms with E-state index < -0.39 is 44.8 Å². The lowest BCUT2D eigenvalue weighted by Gasteiger charge is -2.17. The second-order valence-electron chi connectivity index (χ2n) is 33.6. The lowest BCUT2D eigenvalue weighted by Crippen LogP contribution is -2.38. The van der Waals surface area contributed by atoms with Crippen LogP contribution in [0.15, 0.2) is 0 Å². The second kappa shape index (κ2) is 90.6. The molecule has 0 saturated carbocycles. The van der Waals surface area contributed by atoms with E-state index in [0.29, 0.717) is 150 Å². The highest BCUT2D eigenvalue weighted by Crippen LogP contribution is 2.12. The Labute approximate surface area is 740 Å². The molecule has 0 heterocycles. The van der Waals surface area contributed by atoms with Crippen LogP contribution >= 0.6 is 0 Å². The van der Waals surface area contributed by atoms with E-state index in [0.717, 1.165) is 38.8 Å². The van der Waals surface area contributed by atoms with Gasteiger partial charge in [-0.25, -0.2) is 0 Å². The van der Waals surface area contributed by atoms with E-state index in [-0.39, 0.29) is 118 Å². The molecule has 8 atom stereocenters. The third kappa shape index (κ3) is 110. The summed E-state index contributed by atoms with van der Waals surface area (Å²) in [6.07, 6.45) is 15.7. The first-order valence-corrected chi connectivity index (χ1v) is 45.4. The van der Waals surface area contributed by atoms with Crippen molar-refractivity contribution in [2.45, 2.75) is 390 Å². The maximum absolute atomic E-state index is 11.5. The monoisotopic (exact) mass is 1780 g/mol. The highest BCUT2D eigenvalue weighted by Gasteiger charge is 2.19. The van der Waals surface area contributed by atoms with Gasteiger partial charge in [0.25, 0.3) is 20.3 Å². The van der Waals surface area contributed by atoms with Crippen molar-refractivity contribution in [2.24, 2.45) is 47.3 Å². The van der Waals surface area contributed by atoms with Crippen LogP contribution in [0.3, 0.4) is 0 Å². The first kappa shape index (κ1) is 131. The predicted molar refractivity (Wildman–Crippen MR) is 483 cm³/mol. The summed E-state index contributed by atoms with van der Waals surface area (Å²) >= 11 is 0. The number of carbonyl (C=O) groups is 8. The summed E-state index contributed by atoms with van der Waals surface area (Å²) in [6.45, 7) is 61.6. The van der Waals surface area contributed by atoms with Gasteiger partial charge in [0.05, 0.1) is 26.4 Å². The van der Waals surface area contributed by atoms with Crippen molar-refractivity contribution in [2.75, 3.05) is 79.0 Å². The van der Waals surface area contributed by atoms with Gasteiger partial charge in [-0.3, -0.25) is 38.4 Å². The van der Waals surface area contributed by atoms with Crippen LogP contribution in [0.5, 0.6) is 0 Å². The zero-order chi connectivity index (χ0) is 96.2. The zero-order valence-electron chi connectivity index (χ0n) is 81.6. The Morgan fingerprint density at radius 3 is 0.854 bits per heavy atom. The summed E-state index contributed by atoms with van der Waals surface area (Å²) in [5.41, 5.74) is 0. The number of rotatable bonds is 63. The van der Waals surface area contributed by atoms with Crippen LogP contribution in [0.1, 0.15) is 342 Å². The lowest BCUT2D eigenvalue weighted by atomic mass is 10.1. The Hall–Kier alpha value is -7.60. The van der Waals surface area contributed by atoms with Gasteiger partial charge in [-0.05, 0) is 153 Å². The average molecular weight is 1780 g/mol. The molecule has 36 nitrogen and oxygen atoms in total. The van der Waals surface area contributed by atoms with Crippen molar-refractivity contribution in [1.82, 2.24) is 42.5 Å². The van der Waals surface area contributed by atoms with Gasteiger partial charge >= 0.3 is 0 Å². The van der Waals surface area contributed by atoms with E-state index >= 15 is 0 Å². The number of hydrogen-bond acceptors (Lipinski definition) is 24. The van der Waals surface area contributed by atoms with Gasteiger partial charge in [0.15, 0.2) is 0 Å². The molecule has 8 amide bonds. The molecule has 0 saturated heterocycles. The number of carbonyl (C=O) groups excluding carboxylic acids is 8. The van der Waals surface area contributed by atoms with Crippen molar-refractivity contribution in [3.63, 3.8) is 0 Å². The molecule has 0 aliphatic heterocycles. The van der Waals surface area contributed by atoms with Gasteiger partial charge in [0.1, 0.15) is 37.6 Å². The van der Waals surface area contributed by atoms with Crippen LogP contribution in [0.4, 0.5) is 0 Å². The molecule has 0 aromatic rings. The van der Waals surface area contributed by atoms with E-state index in [9.17, 15) is 78.8 Å². The lowest BCUT2D eigenvalue weighted by molar-refractivity contribution is -0.769. The molecule has 0 aliphatic rings. The number of ether oxygens (including phenoxy) is 4. The molecule has 0 fully saturated rings. The summed E-state index contributed by atoms with van der Waals surface area (Å²) in [7, 11) is 0. The fraction of sp³-hybridized carbons (Fsp3) is 0.908. The highest BCUT2D eigenvalue weighted by atomic mass is 17.0. The van der Waals surface area contributed by atoms with Gasteiger partial charge in [-0.2, -0.15) is 0 Å². The molecule has 123 heavy (non-hydrogen) atoms. The van der Waals surface area contributed by atoms with E-state index in [1.807, 2.05) is 96.9 Å². The minimum Gasteiger partial charge on any atom is -0.379 e. The van der Waals surface area contributed by atoms with Gasteiger partial charge in [-0.15, -0.1) is 40.5 Å². The fourth-order valence-corrected chi connectivity index (χ4v) is 8.71. The standard InChI is InChI=1S/C12H24N2O5.C12H25NO.C11H22N2O5.2C11H22N2O4.C11H23NO.C10H21NO2.C9H19NO2/c1-5-11(19-14(16)17)8-18-7-6-12(15)13-10(4)9(2)3;1-5-6-7-8-9-12(14)13-11(4)10(2)3;1-4-10(18-13(15)16)8-17-6-5-11(14)12-7-9(2)3;1-8(2)10(4)12-11(14)7-5-6-9(3)17-13(15)16;1-4-10(17-13(15)16)6-5-7-11(14)12-8-9(2)3;1-4-5-6-7-8-11(13)12-9-10(2)3;1-5-6-13-7-10(12)11-9(4)8(2)3;1-4-5-12-7-9(11)10-6-8(2)3/h9-11H,5-8H2,1-4H3,(H,13,15);10-11H,5-9H2,1-4H3,(H,13,14);9-10H,4-8H2,1-3H3,(H,12,14);8-10H,5-7H2,1-4H3,(H,12,14);9-10H,4-8H2,1-3H3,(H,12,14);10H,4-9H2,1-3H3,(H,12,13);8-9H,5-7H2,1-4H3,(H,11,12);8H,4-7H2,1-3H3,(H,10,11). The topological polar surface area (TPSA) is 479 Å². The van der Waals surface area contributed by atoms with Gasteiger partial charge in [-0.1, -0.05) is 198 Å². The average Bonchev–Trinajstić information content (AvgIpc) is 0.969. The Balaban J connectivity index is -0.000000206. The molecule has 730 valence electrons. The van der Waals surface area contributed by atoms with Gasteiger partial charge in [0.2, 0.25) is 47.3 Å². The molecule has 36 heteroatoms. The van der Waals surface area contributed by atoms with E-state index in [1.165, 1.54) is 38.5 Å². The van der Waals surface area contributed by atoms with Crippen molar-refractivity contribution in [3.05, 3.63) is 40.5 Å². The molecule has 0 bridgehead atoms. The van der Waals surface area contributed by atoms with Crippen molar-refractivity contribution in [1.29, 1.82) is 0 Å². The maximum Gasteiger partial charge on any atom is 0.294 e. The first-order valence-electron chi connectivity index (χ1n) is 45.4. The molecule has 8 N–H and O–H groups in total. The summed E-state index contributed by atoms with van der Waals surface area (Å²) in [5.74, 6) is 3.88. The minimum absolute atomic E-state index is 0.00495. The molecular weight excluding hydrogens is 1600 g/mol. The number of hydrogen-bond donors (Lipinski definition) is 8. The van der Waals surface area contributed by atoms with Crippen LogP contribution < -0.4 is 42.5 Å². The van der Waals surface area contributed by atoms with E-state index in [2.05, 4.69) is 138 Å². The quantitative estimate of drug-likeness (QED) is 0.0159. The van der Waals surface area contributed by atoms with Crippen molar-refractivity contribution in [3.8, 4) is 0 Å². The molecule has 0 aromatic carbocycles. The van der Waals surface area contributed by atoms with Crippen LogP contribution in [0.25, 0.3) is 0 Å². The molecule has 0 aliphatic carbocycles. The minimum atomic E-state index is -0.827. The SMILES string of the molecule is CC(CCCC(=O)NC(C)C(C)C)O[N+](=O)[O-].CCC(CCCC(=O)NCC(C)C)O[N+](=O)[O-].CCC(COCCC(=O)NC(C)C(C)C)O[N+](=O)[O-].CCC(COCCC(=O)NCC(C)C)O[N+](=O)[O-].CCCCCCC(=O)NC(C)C(C)C.CCCCCCC(=O)NCC(C)C.CCCOCC(=O)NC(C)C(C)C.CCCOCC(=O)NCC(C)C. The third-order valence-electron chi connectivity index (χ3n) is 17.9. The van der Waals surface area contributed by atoms with Crippen LogP contribution in [-0.4, -0.2) is 195 Å². The second-order valence-corrected chi connectivity index (χ2v) is 33.6. The summed E-state index contributed by atoms with van der Waals surface area (Å²) in [6, 6.07) is 0.787. The van der Waals surface area contributed by atoms with Crippen LogP contribution in [-0.2, 0) is 76.7 Å². The number of nitrogens with zero attached hydrogens (tertiary/aromatic N) is 4. The van der Waals surface area contributed by atoms with E-state index in [4.69, 9.17) is 18.9 Å². The summed E-state index contributed by atoms with van der Waals surface area (Å²) in [4.78, 5) is 149. The molecule has 0 rings (SSSR count). The van der Waals surface area contributed by atoms with Crippen LogP contribution in [0, 0.1) is 87.8 Å². The normalized spacial score (nSPS) is 12.6. The zero-order valence-corrected chi connectivity index (χ0v) is 81.6. The molecule has 0 aromatic heterocycles. The summed E-state index contributed by atoms with van der Waals surface area (Å²) in [5, 5.41) is 60.1.